The van der Waals surface area contributed by atoms with Crippen LogP contribution in [-0.2, 0) is 4.74 Å². The normalized spacial score (nSPS) is 20.5. The van der Waals surface area contributed by atoms with E-state index in [1.54, 1.807) is 7.11 Å². The zero-order chi connectivity index (χ0) is 10.8. The van der Waals surface area contributed by atoms with Crippen LogP contribution in [0.1, 0.15) is 24.5 Å². The second kappa shape index (κ2) is 3.98. The Hall–Kier alpha value is -1.42. The number of hydrogen-bond acceptors (Lipinski definition) is 4. The van der Waals surface area contributed by atoms with Gasteiger partial charge in [-0.15, -0.1) is 0 Å². The molecule has 0 saturated carbocycles. The fraction of sp³-hybridized carbons (Fsp3) is 0.455. The number of nitrogen functional groups attached to an aromatic ring is 2. The lowest BCUT2D eigenvalue weighted by Crippen LogP contribution is -2.05. The van der Waals surface area contributed by atoms with E-state index in [2.05, 4.69) is 0 Å². The zero-order valence-electron chi connectivity index (χ0n) is 8.82. The van der Waals surface area contributed by atoms with Crippen LogP contribution >= 0.6 is 0 Å². The third-order valence-electron chi connectivity index (χ3n) is 2.78. The number of hydrogen-bond donors (Lipinski definition) is 2. The first-order valence-corrected chi connectivity index (χ1v) is 5.07. The van der Waals surface area contributed by atoms with E-state index in [0.717, 1.165) is 25.0 Å². The Kier molecular flexibility index (Phi) is 2.68. The minimum Gasteiger partial charge on any atom is -0.495 e. The van der Waals surface area contributed by atoms with Crippen LogP contribution in [0.25, 0.3) is 0 Å². The maximum atomic E-state index is 5.95. The molecule has 0 spiro atoms. The topological polar surface area (TPSA) is 70.5 Å². The molecule has 1 aliphatic heterocycles. The van der Waals surface area contributed by atoms with Crippen molar-refractivity contribution in [1.29, 1.82) is 0 Å². The molecule has 1 atom stereocenters. The summed E-state index contributed by atoms with van der Waals surface area (Å²) in [5.74, 6) is 0.620. The van der Waals surface area contributed by atoms with E-state index in [9.17, 15) is 0 Å². The third-order valence-corrected chi connectivity index (χ3v) is 2.78. The average Bonchev–Trinajstić information content (AvgIpc) is 2.75. The molecule has 2 rings (SSSR count). The number of anilines is 2. The van der Waals surface area contributed by atoms with Crippen molar-refractivity contribution in [3.63, 3.8) is 0 Å². The molecule has 1 unspecified atom stereocenters. The fourth-order valence-electron chi connectivity index (χ4n) is 1.91. The molecule has 0 aromatic heterocycles. The Morgan fingerprint density at radius 1 is 1.33 bits per heavy atom. The molecule has 0 bridgehead atoms. The van der Waals surface area contributed by atoms with Crippen LogP contribution < -0.4 is 16.2 Å². The molecular weight excluding hydrogens is 192 g/mol. The molecule has 1 fully saturated rings. The lowest BCUT2D eigenvalue weighted by Gasteiger charge is -2.16. The molecule has 1 aromatic carbocycles. The summed E-state index contributed by atoms with van der Waals surface area (Å²) in [6, 6.07) is 3.77. The molecule has 4 nitrogen and oxygen atoms in total. The Morgan fingerprint density at radius 2 is 2.13 bits per heavy atom. The standard InChI is InChI=1S/C11H16N2O2/c1-14-9-5-4-7(10(12)11(9)13)8-3-2-6-15-8/h4-5,8H,2-3,6,12-13H2,1H3. The number of nitrogens with two attached hydrogens (primary N) is 2. The van der Waals surface area contributed by atoms with Crippen molar-refractivity contribution in [3.05, 3.63) is 17.7 Å². The summed E-state index contributed by atoms with van der Waals surface area (Å²) < 4.78 is 10.7. The van der Waals surface area contributed by atoms with Gasteiger partial charge in [-0.3, -0.25) is 0 Å². The van der Waals surface area contributed by atoms with Crippen molar-refractivity contribution in [2.45, 2.75) is 18.9 Å². The second-order valence-electron chi connectivity index (χ2n) is 3.69. The van der Waals surface area contributed by atoms with Crippen molar-refractivity contribution in [2.75, 3.05) is 25.2 Å². The summed E-state index contributed by atoms with van der Waals surface area (Å²) in [6.07, 6.45) is 2.18. The molecule has 82 valence electrons. The number of ether oxygens (including phenoxy) is 2. The van der Waals surface area contributed by atoms with Gasteiger partial charge in [0, 0.05) is 12.2 Å². The number of methoxy groups -OCH3 is 1. The Morgan fingerprint density at radius 3 is 2.73 bits per heavy atom. The van der Waals surface area contributed by atoms with Crippen LogP contribution in [0.5, 0.6) is 5.75 Å². The van der Waals surface area contributed by atoms with E-state index < -0.39 is 0 Å². The molecule has 1 heterocycles. The first-order valence-electron chi connectivity index (χ1n) is 5.07. The largest absolute Gasteiger partial charge is 0.495 e. The Bertz CT molecular complexity index is 360. The highest BCUT2D eigenvalue weighted by Gasteiger charge is 2.21. The van der Waals surface area contributed by atoms with Crippen LogP contribution in [0, 0.1) is 0 Å². The average molecular weight is 208 g/mol. The zero-order valence-corrected chi connectivity index (χ0v) is 8.82. The molecule has 1 aromatic rings. The van der Waals surface area contributed by atoms with Crippen LogP contribution in [-0.4, -0.2) is 13.7 Å². The van der Waals surface area contributed by atoms with Gasteiger partial charge in [0.25, 0.3) is 0 Å². The first kappa shape index (κ1) is 10.1. The highest BCUT2D eigenvalue weighted by atomic mass is 16.5. The van der Waals surface area contributed by atoms with Crippen LogP contribution in [0.3, 0.4) is 0 Å². The Balaban J connectivity index is 2.36. The number of rotatable bonds is 2. The molecule has 4 heteroatoms. The molecule has 0 aliphatic carbocycles. The molecule has 4 N–H and O–H groups in total. The minimum atomic E-state index is 0.0956. The summed E-state index contributed by atoms with van der Waals surface area (Å²) >= 11 is 0. The van der Waals surface area contributed by atoms with Crippen LogP contribution in [0.4, 0.5) is 11.4 Å². The lowest BCUT2D eigenvalue weighted by atomic mass is 10.0. The molecule has 1 aliphatic rings. The van der Waals surface area contributed by atoms with Crippen LogP contribution in [0.15, 0.2) is 12.1 Å². The maximum Gasteiger partial charge on any atom is 0.143 e. The van der Waals surface area contributed by atoms with E-state index in [-0.39, 0.29) is 6.10 Å². The summed E-state index contributed by atoms with van der Waals surface area (Å²) in [6.45, 7) is 0.802. The van der Waals surface area contributed by atoms with Gasteiger partial charge in [-0.2, -0.15) is 0 Å². The van der Waals surface area contributed by atoms with Gasteiger partial charge in [-0.05, 0) is 18.9 Å². The van der Waals surface area contributed by atoms with E-state index in [4.69, 9.17) is 20.9 Å². The van der Waals surface area contributed by atoms with Gasteiger partial charge in [-0.1, -0.05) is 6.07 Å². The molecule has 0 amide bonds. The molecule has 1 saturated heterocycles. The van der Waals surface area contributed by atoms with Crippen molar-refractivity contribution in [2.24, 2.45) is 0 Å². The summed E-state index contributed by atoms with van der Waals surface area (Å²) in [4.78, 5) is 0. The molecular formula is C11H16N2O2. The van der Waals surface area contributed by atoms with E-state index >= 15 is 0 Å². The predicted molar refractivity (Wildman–Crippen MR) is 59.7 cm³/mol. The van der Waals surface area contributed by atoms with Crippen molar-refractivity contribution in [1.82, 2.24) is 0 Å². The fourth-order valence-corrected chi connectivity index (χ4v) is 1.91. The van der Waals surface area contributed by atoms with Gasteiger partial charge >= 0.3 is 0 Å². The van der Waals surface area contributed by atoms with Gasteiger partial charge in [0.1, 0.15) is 5.75 Å². The Labute approximate surface area is 89.2 Å². The third kappa shape index (κ3) is 1.72. The smallest absolute Gasteiger partial charge is 0.143 e. The second-order valence-corrected chi connectivity index (χ2v) is 3.69. The number of benzene rings is 1. The lowest BCUT2D eigenvalue weighted by molar-refractivity contribution is 0.112. The predicted octanol–water partition coefficient (Wildman–Crippen LogP) is 1.71. The monoisotopic (exact) mass is 208 g/mol. The van der Waals surface area contributed by atoms with E-state index in [1.165, 1.54) is 0 Å². The highest BCUT2D eigenvalue weighted by molar-refractivity contribution is 5.74. The minimum absolute atomic E-state index is 0.0956. The van der Waals surface area contributed by atoms with Crippen molar-refractivity contribution in [3.8, 4) is 5.75 Å². The summed E-state index contributed by atoms with van der Waals surface area (Å²) in [5, 5.41) is 0. The quantitative estimate of drug-likeness (QED) is 0.726. The highest BCUT2D eigenvalue weighted by Crippen LogP contribution is 2.38. The van der Waals surface area contributed by atoms with E-state index in [0.29, 0.717) is 17.1 Å². The van der Waals surface area contributed by atoms with Crippen molar-refractivity contribution < 1.29 is 9.47 Å². The van der Waals surface area contributed by atoms with Crippen molar-refractivity contribution >= 4 is 11.4 Å². The van der Waals surface area contributed by atoms with Crippen LogP contribution in [0.2, 0.25) is 0 Å². The SMILES string of the molecule is COc1ccc(C2CCCO2)c(N)c1N. The van der Waals surface area contributed by atoms with Gasteiger partial charge in [-0.25, -0.2) is 0 Å². The van der Waals surface area contributed by atoms with Gasteiger partial charge in [0.2, 0.25) is 0 Å². The van der Waals surface area contributed by atoms with Gasteiger partial charge in [0.15, 0.2) is 0 Å². The summed E-state index contributed by atoms with van der Waals surface area (Å²) in [7, 11) is 1.58. The van der Waals surface area contributed by atoms with E-state index in [1.807, 2.05) is 12.1 Å². The van der Waals surface area contributed by atoms with Gasteiger partial charge < -0.3 is 20.9 Å². The molecule has 15 heavy (non-hydrogen) atoms. The summed E-state index contributed by atoms with van der Waals surface area (Å²) in [5.41, 5.74) is 13.9. The van der Waals surface area contributed by atoms with Gasteiger partial charge in [0.05, 0.1) is 24.6 Å². The first-order chi connectivity index (χ1) is 7.24. The molecule has 0 radical (unpaired) electrons. The maximum absolute atomic E-state index is 5.95.